The number of carbonyl (C=O) groups excluding carboxylic acids is 1. The van der Waals surface area contributed by atoms with E-state index in [1.165, 1.54) is 18.2 Å². The first-order valence-corrected chi connectivity index (χ1v) is 6.37. The molecule has 0 bridgehead atoms. The number of nitrogens with zero attached hydrogens (tertiary/aromatic N) is 1. The highest BCUT2D eigenvalue weighted by molar-refractivity contribution is 6.31. The van der Waals surface area contributed by atoms with E-state index in [0.717, 1.165) is 13.0 Å². The molecule has 102 valence electrons. The van der Waals surface area contributed by atoms with Crippen molar-refractivity contribution in [3.63, 3.8) is 0 Å². The monoisotopic (exact) mass is 282 g/mol. The molecule has 1 amide bonds. The van der Waals surface area contributed by atoms with Crippen molar-refractivity contribution in [2.45, 2.75) is 6.42 Å². The normalized spacial score (nSPS) is 19.4. The van der Waals surface area contributed by atoms with Crippen molar-refractivity contribution >= 4 is 29.2 Å². The van der Waals surface area contributed by atoms with Crippen molar-refractivity contribution in [2.24, 2.45) is 5.92 Å². The van der Waals surface area contributed by atoms with Gasteiger partial charge in [-0.2, -0.15) is 0 Å². The first-order chi connectivity index (χ1) is 8.97. The number of carboxylic acids is 1. The van der Waals surface area contributed by atoms with E-state index >= 15 is 0 Å². The Hall–Kier alpha value is -1.59. The maximum Gasteiger partial charge on any atom is 0.337 e. The molecule has 6 heteroatoms. The van der Waals surface area contributed by atoms with Gasteiger partial charge >= 0.3 is 5.97 Å². The number of rotatable bonds is 3. The Balaban J connectivity index is 2.16. The second kappa shape index (κ2) is 5.59. The van der Waals surface area contributed by atoms with Gasteiger partial charge in [-0.1, -0.05) is 11.6 Å². The SMILES string of the molecule is CN1CCC(C(=O)Nc2cc(Cl)ccc2C(=O)O)C1. The van der Waals surface area contributed by atoms with Crippen LogP contribution < -0.4 is 5.32 Å². The maximum atomic E-state index is 12.1. The Labute approximate surface area is 116 Å². The zero-order valence-electron chi connectivity index (χ0n) is 10.5. The molecule has 1 aromatic carbocycles. The van der Waals surface area contributed by atoms with Crippen LogP contribution in [0.4, 0.5) is 5.69 Å². The van der Waals surface area contributed by atoms with Crippen LogP contribution in [-0.4, -0.2) is 42.0 Å². The second-order valence-electron chi connectivity index (χ2n) is 4.73. The molecule has 1 unspecified atom stereocenters. The van der Waals surface area contributed by atoms with Crippen LogP contribution in [0.15, 0.2) is 18.2 Å². The fourth-order valence-corrected chi connectivity index (χ4v) is 2.36. The summed E-state index contributed by atoms with van der Waals surface area (Å²) in [5.41, 5.74) is 0.295. The highest BCUT2D eigenvalue weighted by Gasteiger charge is 2.27. The Morgan fingerprint density at radius 3 is 2.79 bits per heavy atom. The molecule has 2 rings (SSSR count). The van der Waals surface area contributed by atoms with E-state index in [4.69, 9.17) is 16.7 Å². The van der Waals surface area contributed by atoms with Gasteiger partial charge in [-0.15, -0.1) is 0 Å². The van der Waals surface area contributed by atoms with Crippen LogP contribution in [0.5, 0.6) is 0 Å². The summed E-state index contributed by atoms with van der Waals surface area (Å²) in [6.07, 6.45) is 0.783. The van der Waals surface area contributed by atoms with Gasteiger partial charge in [-0.25, -0.2) is 4.79 Å². The van der Waals surface area contributed by atoms with Crippen molar-refractivity contribution in [1.82, 2.24) is 4.90 Å². The predicted octanol–water partition coefficient (Wildman–Crippen LogP) is 1.93. The van der Waals surface area contributed by atoms with Gasteiger partial charge in [0, 0.05) is 11.6 Å². The molecule has 0 saturated carbocycles. The van der Waals surface area contributed by atoms with Crippen molar-refractivity contribution in [3.05, 3.63) is 28.8 Å². The molecule has 1 atom stereocenters. The van der Waals surface area contributed by atoms with E-state index < -0.39 is 5.97 Å². The van der Waals surface area contributed by atoms with Crippen molar-refractivity contribution in [2.75, 3.05) is 25.5 Å². The molecule has 1 aliphatic heterocycles. The smallest absolute Gasteiger partial charge is 0.337 e. The summed E-state index contributed by atoms with van der Waals surface area (Å²) in [7, 11) is 1.95. The molecule has 1 fully saturated rings. The summed E-state index contributed by atoms with van der Waals surface area (Å²) in [5.74, 6) is -1.35. The zero-order valence-corrected chi connectivity index (χ0v) is 11.3. The van der Waals surface area contributed by atoms with Gasteiger partial charge < -0.3 is 15.3 Å². The predicted molar refractivity (Wildman–Crippen MR) is 72.6 cm³/mol. The molecule has 0 radical (unpaired) electrons. The van der Waals surface area contributed by atoms with Gasteiger partial charge in [0.15, 0.2) is 0 Å². The third-order valence-corrected chi connectivity index (χ3v) is 3.47. The highest BCUT2D eigenvalue weighted by atomic mass is 35.5. The Morgan fingerprint density at radius 2 is 2.21 bits per heavy atom. The van der Waals surface area contributed by atoms with Crippen molar-refractivity contribution in [3.8, 4) is 0 Å². The molecule has 2 N–H and O–H groups in total. The van der Waals surface area contributed by atoms with Gasteiger partial charge in [0.25, 0.3) is 0 Å². The van der Waals surface area contributed by atoms with Crippen LogP contribution in [0.25, 0.3) is 0 Å². The fourth-order valence-electron chi connectivity index (χ4n) is 2.19. The summed E-state index contributed by atoms with van der Waals surface area (Å²) >= 11 is 5.84. The van der Waals surface area contributed by atoms with Gasteiger partial charge in [0.2, 0.25) is 5.91 Å². The van der Waals surface area contributed by atoms with E-state index in [9.17, 15) is 9.59 Å². The fraction of sp³-hybridized carbons (Fsp3) is 0.385. The van der Waals surface area contributed by atoms with E-state index in [0.29, 0.717) is 11.6 Å². The van der Waals surface area contributed by atoms with E-state index in [2.05, 4.69) is 10.2 Å². The maximum absolute atomic E-state index is 12.1. The minimum atomic E-state index is -1.09. The van der Waals surface area contributed by atoms with Gasteiger partial charge in [0.05, 0.1) is 17.2 Å². The zero-order chi connectivity index (χ0) is 14.0. The molecule has 19 heavy (non-hydrogen) atoms. The molecule has 1 aliphatic rings. The number of anilines is 1. The number of halogens is 1. The molecule has 0 spiro atoms. The van der Waals surface area contributed by atoms with E-state index in [1.807, 2.05) is 7.05 Å². The highest BCUT2D eigenvalue weighted by Crippen LogP contribution is 2.23. The van der Waals surface area contributed by atoms with E-state index in [1.54, 1.807) is 0 Å². The number of likely N-dealkylation sites (tertiary alicyclic amines) is 1. The molecule has 0 aliphatic carbocycles. The number of amides is 1. The van der Waals surface area contributed by atoms with Gasteiger partial charge in [0.1, 0.15) is 0 Å². The van der Waals surface area contributed by atoms with Crippen LogP contribution in [0.2, 0.25) is 5.02 Å². The number of hydrogen-bond acceptors (Lipinski definition) is 3. The summed E-state index contributed by atoms with van der Waals surface area (Å²) in [6.45, 7) is 1.56. The number of carbonyl (C=O) groups is 2. The number of carboxylic acid groups (broad SMARTS) is 1. The number of nitrogens with one attached hydrogen (secondary N) is 1. The summed E-state index contributed by atoms with van der Waals surface area (Å²) in [5, 5.41) is 12.1. The summed E-state index contributed by atoms with van der Waals surface area (Å²) in [4.78, 5) is 25.2. The lowest BCUT2D eigenvalue weighted by Gasteiger charge is -2.13. The largest absolute Gasteiger partial charge is 0.478 e. The Kier molecular flexibility index (Phi) is 4.07. The molecular weight excluding hydrogens is 268 g/mol. The average molecular weight is 283 g/mol. The van der Waals surface area contributed by atoms with Crippen LogP contribution in [0.3, 0.4) is 0 Å². The number of hydrogen-bond donors (Lipinski definition) is 2. The molecule has 0 aromatic heterocycles. The molecule has 1 saturated heterocycles. The van der Waals surface area contributed by atoms with Crippen LogP contribution in [-0.2, 0) is 4.79 Å². The standard InChI is InChI=1S/C13H15ClN2O3/c1-16-5-4-8(7-16)12(17)15-11-6-9(14)2-3-10(11)13(18)19/h2-3,6,8H,4-5,7H2,1H3,(H,15,17)(H,18,19). The molecule has 1 aromatic rings. The Bertz CT molecular complexity index is 519. The third kappa shape index (κ3) is 3.24. The van der Waals surface area contributed by atoms with Gasteiger partial charge in [-0.3, -0.25) is 4.79 Å². The molecule has 1 heterocycles. The van der Waals surface area contributed by atoms with Crippen LogP contribution in [0.1, 0.15) is 16.8 Å². The first-order valence-electron chi connectivity index (χ1n) is 5.99. The lowest BCUT2D eigenvalue weighted by atomic mass is 10.1. The topological polar surface area (TPSA) is 69.6 Å². The first kappa shape index (κ1) is 13.8. The minimum Gasteiger partial charge on any atom is -0.478 e. The average Bonchev–Trinajstić information content (AvgIpc) is 2.75. The lowest BCUT2D eigenvalue weighted by molar-refractivity contribution is -0.119. The number of aromatic carboxylic acids is 1. The van der Waals surface area contributed by atoms with Crippen LogP contribution >= 0.6 is 11.6 Å². The van der Waals surface area contributed by atoms with E-state index in [-0.39, 0.29) is 23.1 Å². The second-order valence-corrected chi connectivity index (χ2v) is 5.17. The van der Waals surface area contributed by atoms with Crippen molar-refractivity contribution in [1.29, 1.82) is 0 Å². The third-order valence-electron chi connectivity index (χ3n) is 3.23. The van der Waals surface area contributed by atoms with Crippen LogP contribution in [0, 0.1) is 5.92 Å². The Morgan fingerprint density at radius 1 is 1.47 bits per heavy atom. The van der Waals surface area contributed by atoms with Gasteiger partial charge in [-0.05, 0) is 38.2 Å². The summed E-state index contributed by atoms with van der Waals surface area (Å²) < 4.78 is 0. The molecule has 5 nitrogen and oxygen atoms in total. The lowest BCUT2D eigenvalue weighted by Crippen LogP contribution is -2.26. The summed E-state index contributed by atoms with van der Waals surface area (Å²) in [6, 6.07) is 4.34. The van der Waals surface area contributed by atoms with Crippen molar-refractivity contribution < 1.29 is 14.7 Å². The quantitative estimate of drug-likeness (QED) is 0.889. The molecular formula is C13H15ClN2O3. The minimum absolute atomic E-state index is 0.0455. The number of benzene rings is 1.